The van der Waals surface area contributed by atoms with E-state index in [1.54, 1.807) is 5.57 Å². The maximum absolute atomic E-state index is 2.57. The van der Waals surface area contributed by atoms with Crippen LogP contribution in [0.5, 0.6) is 0 Å². The number of likely N-dealkylation sites (tertiary alicyclic amines) is 1. The van der Waals surface area contributed by atoms with E-state index in [0.717, 1.165) is 19.6 Å². The van der Waals surface area contributed by atoms with Gasteiger partial charge < -0.3 is 0 Å². The molecule has 0 radical (unpaired) electrons. The van der Waals surface area contributed by atoms with E-state index in [1.165, 1.54) is 17.5 Å². The molecule has 1 heterocycles. The molecule has 1 nitrogen and oxygen atoms in total. The molecule has 1 heteroatoms. The van der Waals surface area contributed by atoms with Crippen molar-refractivity contribution in [2.24, 2.45) is 5.92 Å². The van der Waals surface area contributed by atoms with Gasteiger partial charge in [0.2, 0.25) is 0 Å². The summed E-state index contributed by atoms with van der Waals surface area (Å²) in [5.74, 6) is 0.641. The van der Waals surface area contributed by atoms with Crippen molar-refractivity contribution in [2.75, 3.05) is 13.1 Å². The third kappa shape index (κ3) is 3.83. The lowest BCUT2D eigenvalue weighted by Crippen LogP contribution is -2.35. The first-order chi connectivity index (χ1) is 10.3. The summed E-state index contributed by atoms with van der Waals surface area (Å²) >= 11 is 0. The molecule has 1 aliphatic heterocycles. The molecule has 1 aliphatic rings. The van der Waals surface area contributed by atoms with Gasteiger partial charge in [-0.25, -0.2) is 0 Å². The molecule has 21 heavy (non-hydrogen) atoms. The molecule has 0 saturated carbocycles. The van der Waals surface area contributed by atoms with Gasteiger partial charge in [0.05, 0.1) is 0 Å². The standard InChI is InChI=1S/C20H23N/c1-17-15-21(16-19-10-6-3-7-11-19)13-12-20(17)14-18-8-4-2-5-9-18/h2-11,14,17H,12-13,15-16H2,1H3/b20-14+. The maximum Gasteiger partial charge on any atom is 0.0234 e. The van der Waals surface area contributed by atoms with Crippen LogP contribution in [-0.2, 0) is 6.54 Å². The minimum atomic E-state index is 0.641. The van der Waals surface area contributed by atoms with Crippen molar-refractivity contribution in [1.82, 2.24) is 4.90 Å². The predicted molar refractivity (Wildman–Crippen MR) is 89.9 cm³/mol. The largest absolute Gasteiger partial charge is 0.298 e. The van der Waals surface area contributed by atoms with Crippen molar-refractivity contribution < 1.29 is 0 Å². The van der Waals surface area contributed by atoms with Crippen LogP contribution in [0.1, 0.15) is 24.5 Å². The van der Waals surface area contributed by atoms with Crippen LogP contribution >= 0.6 is 0 Å². The molecule has 0 aliphatic carbocycles. The molecule has 3 rings (SSSR count). The first-order valence-corrected chi connectivity index (χ1v) is 7.83. The summed E-state index contributed by atoms with van der Waals surface area (Å²) in [5, 5.41) is 0. The van der Waals surface area contributed by atoms with Crippen molar-refractivity contribution in [1.29, 1.82) is 0 Å². The Morgan fingerprint density at radius 2 is 1.67 bits per heavy atom. The van der Waals surface area contributed by atoms with Crippen LogP contribution in [-0.4, -0.2) is 18.0 Å². The SMILES string of the molecule is CC1CN(Cc2ccccc2)CC/C1=C\c1ccccc1. The zero-order chi connectivity index (χ0) is 14.5. The summed E-state index contributed by atoms with van der Waals surface area (Å²) < 4.78 is 0. The Hall–Kier alpha value is -1.86. The Kier molecular flexibility index (Phi) is 4.52. The second-order valence-corrected chi connectivity index (χ2v) is 6.00. The fraction of sp³-hybridized carbons (Fsp3) is 0.300. The van der Waals surface area contributed by atoms with Gasteiger partial charge in [-0.2, -0.15) is 0 Å². The highest BCUT2D eigenvalue weighted by Crippen LogP contribution is 2.25. The summed E-state index contributed by atoms with van der Waals surface area (Å²) in [4.78, 5) is 2.57. The summed E-state index contributed by atoms with van der Waals surface area (Å²) in [6.45, 7) is 5.75. The molecule has 2 aromatic carbocycles. The molecule has 2 aromatic rings. The van der Waals surface area contributed by atoms with Gasteiger partial charge in [-0.05, 0) is 23.5 Å². The Balaban J connectivity index is 1.63. The first kappa shape index (κ1) is 14.1. The fourth-order valence-corrected chi connectivity index (χ4v) is 3.09. The number of nitrogens with zero attached hydrogens (tertiary/aromatic N) is 1. The zero-order valence-electron chi connectivity index (χ0n) is 12.7. The van der Waals surface area contributed by atoms with Crippen LogP contribution in [0.2, 0.25) is 0 Å². The summed E-state index contributed by atoms with van der Waals surface area (Å²) in [5.41, 5.74) is 4.33. The van der Waals surface area contributed by atoms with Crippen molar-refractivity contribution >= 4 is 6.08 Å². The Bertz CT molecular complexity index is 586. The van der Waals surface area contributed by atoms with E-state index in [0.29, 0.717) is 5.92 Å². The van der Waals surface area contributed by atoms with Crippen molar-refractivity contribution in [3.05, 3.63) is 77.4 Å². The Labute approximate surface area is 127 Å². The van der Waals surface area contributed by atoms with E-state index in [-0.39, 0.29) is 0 Å². The molecule has 1 saturated heterocycles. The van der Waals surface area contributed by atoms with E-state index in [2.05, 4.69) is 78.6 Å². The normalized spacial score (nSPS) is 21.6. The molecule has 108 valence electrons. The lowest BCUT2D eigenvalue weighted by atomic mass is 9.91. The van der Waals surface area contributed by atoms with Gasteiger partial charge >= 0.3 is 0 Å². The average molecular weight is 277 g/mol. The minimum Gasteiger partial charge on any atom is -0.298 e. The van der Waals surface area contributed by atoms with Gasteiger partial charge in [0, 0.05) is 19.6 Å². The molecule has 0 amide bonds. The molecule has 0 N–H and O–H groups in total. The minimum absolute atomic E-state index is 0.641. The molecule has 1 unspecified atom stereocenters. The number of rotatable bonds is 3. The van der Waals surface area contributed by atoms with E-state index < -0.39 is 0 Å². The zero-order valence-corrected chi connectivity index (χ0v) is 12.7. The third-order valence-corrected chi connectivity index (χ3v) is 4.28. The van der Waals surface area contributed by atoms with E-state index in [9.17, 15) is 0 Å². The number of hydrogen-bond donors (Lipinski definition) is 0. The van der Waals surface area contributed by atoms with Gasteiger partial charge in [0.1, 0.15) is 0 Å². The third-order valence-electron chi connectivity index (χ3n) is 4.28. The van der Waals surface area contributed by atoms with Crippen molar-refractivity contribution in [2.45, 2.75) is 19.9 Å². The summed E-state index contributed by atoms with van der Waals surface area (Å²) in [7, 11) is 0. The predicted octanol–water partition coefficient (Wildman–Crippen LogP) is 4.61. The molecule has 0 aromatic heterocycles. The average Bonchev–Trinajstić information content (AvgIpc) is 2.52. The van der Waals surface area contributed by atoms with Crippen LogP contribution in [0.25, 0.3) is 6.08 Å². The van der Waals surface area contributed by atoms with Crippen LogP contribution in [0.15, 0.2) is 66.2 Å². The van der Waals surface area contributed by atoms with Crippen LogP contribution < -0.4 is 0 Å². The highest BCUT2D eigenvalue weighted by atomic mass is 15.1. The molecule has 1 fully saturated rings. The van der Waals surface area contributed by atoms with Crippen LogP contribution in [0.4, 0.5) is 0 Å². The topological polar surface area (TPSA) is 3.24 Å². The molecule has 0 spiro atoms. The van der Waals surface area contributed by atoms with Gasteiger partial charge in [-0.1, -0.05) is 79.2 Å². The Morgan fingerprint density at radius 3 is 2.33 bits per heavy atom. The summed E-state index contributed by atoms with van der Waals surface area (Å²) in [6.07, 6.45) is 3.56. The second-order valence-electron chi connectivity index (χ2n) is 6.00. The quantitative estimate of drug-likeness (QED) is 0.791. The van der Waals surface area contributed by atoms with Crippen molar-refractivity contribution in [3.63, 3.8) is 0 Å². The molecular weight excluding hydrogens is 254 g/mol. The number of hydrogen-bond acceptors (Lipinski definition) is 1. The van der Waals surface area contributed by atoms with Crippen LogP contribution in [0, 0.1) is 5.92 Å². The van der Waals surface area contributed by atoms with E-state index >= 15 is 0 Å². The van der Waals surface area contributed by atoms with E-state index in [1.807, 2.05) is 0 Å². The van der Waals surface area contributed by atoms with Gasteiger partial charge in [0.15, 0.2) is 0 Å². The number of benzene rings is 2. The van der Waals surface area contributed by atoms with Gasteiger partial charge in [0.25, 0.3) is 0 Å². The molecule has 1 atom stereocenters. The van der Waals surface area contributed by atoms with Crippen LogP contribution in [0.3, 0.4) is 0 Å². The highest BCUT2D eigenvalue weighted by Gasteiger charge is 2.20. The smallest absolute Gasteiger partial charge is 0.0234 e. The summed E-state index contributed by atoms with van der Waals surface area (Å²) in [6, 6.07) is 21.5. The first-order valence-electron chi connectivity index (χ1n) is 7.83. The molecule has 0 bridgehead atoms. The lowest BCUT2D eigenvalue weighted by Gasteiger charge is -2.33. The second kappa shape index (κ2) is 6.73. The lowest BCUT2D eigenvalue weighted by molar-refractivity contribution is 0.214. The van der Waals surface area contributed by atoms with E-state index in [4.69, 9.17) is 0 Å². The maximum atomic E-state index is 2.57. The highest BCUT2D eigenvalue weighted by molar-refractivity contribution is 5.53. The molecular formula is C20H23N. The van der Waals surface area contributed by atoms with Gasteiger partial charge in [-0.15, -0.1) is 0 Å². The number of piperidine rings is 1. The monoisotopic (exact) mass is 277 g/mol. The Morgan fingerprint density at radius 1 is 1.00 bits per heavy atom. The van der Waals surface area contributed by atoms with Gasteiger partial charge in [-0.3, -0.25) is 4.90 Å². The van der Waals surface area contributed by atoms with Crippen molar-refractivity contribution in [3.8, 4) is 0 Å². The fourth-order valence-electron chi connectivity index (χ4n) is 3.09.